The molecule has 0 atom stereocenters. The third-order valence-electron chi connectivity index (χ3n) is 4.71. The molecule has 0 aliphatic carbocycles. The molecule has 0 saturated heterocycles. The third kappa shape index (κ3) is 6.86. The summed E-state index contributed by atoms with van der Waals surface area (Å²) in [4.78, 5) is 12.6. The molecular weight excluding hydrogens is 486 g/mol. The topological polar surface area (TPSA) is 127 Å². The average molecular weight is 508 g/mol. The van der Waals surface area contributed by atoms with E-state index in [2.05, 4.69) is 5.32 Å². The second kappa shape index (κ2) is 10.4. The van der Waals surface area contributed by atoms with Crippen molar-refractivity contribution in [2.75, 3.05) is 6.54 Å². The van der Waals surface area contributed by atoms with Gasteiger partial charge in [0.25, 0.3) is 0 Å². The van der Waals surface area contributed by atoms with E-state index in [1.807, 2.05) is 6.07 Å². The average Bonchev–Trinajstić information content (AvgIpc) is 2.78. The molecule has 8 nitrogen and oxygen atoms in total. The molecule has 33 heavy (non-hydrogen) atoms. The number of benzene rings is 3. The lowest BCUT2D eigenvalue weighted by atomic mass is 10.2. The standard InChI is InChI=1S/C22H22ClN3O5S2/c23-19-8-12-21(13-9-19)33(30,31)26(15-18-4-2-1-3-5-18)16-22(27)25-14-17-6-10-20(11-7-17)32(24,28)29/h1-13H,14-16H2,(H,25,27)(H2,24,28,29). The zero-order chi connectivity index (χ0) is 24.1. The molecule has 3 aromatic carbocycles. The van der Waals surface area contributed by atoms with Crippen LogP contribution in [0.15, 0.2) is 88.7 Å². The molecule has 0 spiro atoms. The molecule has 11 heteroatoms. The molecule has 0 aliphatic heterocycles. The summed E-state index contributed by atoms with van der Waals surface area (Å²) in [6, 6.07) is 20.4. The van der Waals surface area contributed by atoms with Crippen molar-refractivity contribution in [3.05, 3.63) is 95.0 Å². The predicted molar refractivity (Wildman–Crippen MR) is 125 cm³/mol. The first-order valence-corrected chi connectivity index (χ1v) is 13.1. The summed E-state index contributed by atoms with van der Waals surface area (Å²) < 4.78 is 50.2. The van der Waals surface area contributed by atoms with Crippen molar-refractivity contribution < 1.29 is 21.6 Å². The second-order valence-electron chi connectivity index (χ2n) is 7.18. The van der Waals surface area contributed by atoms with Gasteiger partial charge in [0.2, 0.25) is 26.0 Å². The maximum Gasteiger partial charge on any atom is 0.243 e. The summed E-state index contributed by atoms with van der Waals surface area (Å²) in [5.41, 5.74) is 1.35. The number of nitrogens with two attached hydrogens (primary N) is 1. The maximum absolute atomic E-state index is 13.2. The van der Waals surface area contributed by atoms with Crippen LogP contribution in [0, 0.1) is 0 Å². The number of carbonyl (C=O) groups is 1. The Balaban J connectivity index is 1.75. The van der Waals surface area contributed by atoms with Crippen LogP contribution in [0.4, 0.5) is 0 Å². The lowest BCUT2D eigenvalue weighted by Crippen LogP contribution is -2.40. The van der Waals surface area contributed by atoms with Crippen LogP contribution < -0.4 is 10.5 Å². The lowest BCUT2D eigenvalue weighted by Gasteiger charge is -2.22. The number of halogens is 1. The Bertz CT molecular complexity index is 1310. The van der Waals surface area contributed by atoms with Gasteiger partial charge in [0.1, 0.15) is 0 Å². The van der Waals surface area contributed by atoms with Crippen molar-refractivity contribution in [3.63, 3.8) is 0 Å². The van der Waals surface area contributed by atoms with Gasteiger partial charge < -0.3 is 5.32 Å². The van der Waals surface area contributed by atoms with Crippen LogP contribution in [-0.4, -0.2) is 33.6 Å². The smallest absolute Gasteiger partial charge is 0.243 e. The van der Waals surface area contributed by atoms with Crippen LogP contribution in [0.2, 0.25) is 5.02 Å². The molecular formula is C22H22ClN3O5S2. The van der Waals surface area contributed by atoms with E-state index in [0.29, 0.717) is 10.6 Å². The molecule has 3 N–H and O–H groups in total. The first-order chi connectivity index (χ1) is 15.6. The largest absolute Gasteiger partial charge is 0.351 e. The molecule has 0 bridgehead atoms. The molecule has 0 aliphatic rings. The van der Waals surface area contributed by atoms with E-state index in [1.54, 1.807) is 24.3 Å². The number of nitrogens with one attached hydrogen (secondary N) is 1. The predicted octanol–water partition coefficient (Wildman–Crippen LogP) is 2.49. The first-order valence-electron chi connectivity index (χ1n) is 9.74. The van der Waals surface area contributed by atoms with Gasteiger partial charge in [-0.25, -0.2) is 22.0 Å². The fourth-order valence-electron chi connectivity index (χ4n) is 2.98. The number of sulfonamides is 2. The lowest BCUT2D eigenvalue weighted by molar-refractivity contribution is -0.121. The molecule has 3 rings (SSSR count). The van der Waals surface area contributed by atoms with Gasteiger partial charge in [0, 0.05) is 18.1 Å². The fourth-order valence-corrected chi connectivity index (χ4v) is 5.01. The molecule has 0 fully saturated rings. The summed E-state index contributed by atoms with van der Waals surface area (Å²) in [5, 5.41) is 8.13. The molecule has 0 saturated carbocycles. The number of hydrogen-bond acceptors (Lipinski definition) is 5. The summed E-state index contributed by atoms with van der Waals surface area (Å²) in [7, 11) is -7.79. The maximum atomic E-state index is 13.2. The summed E-state index contributed by atoms with van der Waals surface area (Å²) in [6.45, 7) is -0.318. The van der Waals surface area contributed by atoms with Gasteiger partial charge in [-0.2, -0.15) is 4.31 Å². The van der Waals surface area contributed by atoms with E-state index >= 15 is 0 Å². The Morgan fingerprint density at radius 2 is 1.39 bits per heavy atom. The van der Waals surface area contributed by atoms with Crippen molar-refractivity contribution >= 4 is 37.6 Å². The number of primary sulfonamides is 1. The Hall–Kier alpha value is -2.76. The van der Waals surface area contributed by atoms with Gasteiger partial charge in [-0.3, -0.25) is 4.79 Å². The van der Waals surface area contributed by atoms with Gasteiger partial charge in [0.15, 0.2) is 0 Å². The molecule has 0 aromatic heterocycles. The normalized spacial score (nSPS) is 12.0. The Morgan fingerprint density at radius 3 is 1.97 bits per heavy atom. The summed E-state index contributed by atoms with van der Waals surface area (Å²) >= 11 is 5.88. The van der Waals surface area contributed by atoms with Crippen LogP contribution in [0.3, 0.4) is 0 Å². The number of carbonyl (C=O) groups excluding carboxylic acids is 1. The highest BCUT2D eigenvalue weighted by molar-refractivity contribution is 7.89. The van der Waals surface area contributed by atoms with Crippen molar-refractivity contribution in [2.45, 2.75) is 22.9 Å². The molecule has 1 amide bonds. The molecule has 174 valence electrons. The molecule has 3 aromatic rings. The van der Waals surface area contributed by atoms with Crippen molar-refractivity contribution in [1.29, 1.82) is 0 Å². The minimum atomic E-state index is -3.98. The van der Waals surface area contributed by atoms with Gasteiger partial charge in [-0.1, -0.05) is 54.1 Å². The van der Waals surface area contributed by atoms with Crippen LogP contribution in [0.1, 0.15) is 11.1 Å². The van der Waals surface area contributed by atoms with Crippen LogP contribution in [-0.2, 0) is 37.9 Å². The minimum absolute atomic E-state index is 0.00226. The van der Waals surface area contributed by atoms with E-state index in [9.17, 15) is 21.6 Å². The highest BCUT2D eigenvalue weighted by Gasteiger charge is 2.27. The summed E-state index contributed by atoms with van der Waals surface area (Å²) in [5.74, 6) is -0.515. The second-order valence-corrected chi connectivity index (χ2v) is 11.1. The van der Waals surface area contributed by atoms with E-state index in [4.69, 9.17) is 16.7 Å². The van der Waals surface area contributed by atoms with Gasteiger partial charge >= 0.3 is 0 Å². The van der Waals surface area contributed by atoms with Crippen molar-refractivity contribution in [3.8, 4) is 0 Å². The highest BCUT2D eigenvalue weighted by Crippen LogP contribution is 2.20. The molecule has 0 radical (unpaired) electrons. The number of hydrogen-bond donors (Lipinski definition) is 2. The SMILES string of the molecule is NS(=O)(=O)c1ccc(CNC(=O)CN(Cc2ccccc2)S(=O)(=O)c2ccc(Cl)cc2)cc1. The highest BCUT2D eigenvalue weighted by atomic mass is 35.5. The molecule has 0 unspecified atom stereocenters. The fraction of sp³-hybridized carbons (Fsp3) is 0.136. The Kier molecular flexibility index (Phi) is 7.88. The minimum Gasteiger partial charge on any atom is -0.351 e. The third-order valence-corrected chi connectivity index (χ3v) is 7.70. The monoisotopic (exact) mass is 507 g/mol. The van der Waals surface area contributed by atoms with E-state index < -0.39 is 32.5 Å². The van der Waals surface area contributed by atoms with E-state index in [1.165, 1.54) is 48.5 Å². The van der Waals surface area contributed by atoms with Gasteiger partial charge in [-0.15, -0.1) is 0 Å². The Morgan fingerprint density at radius 1 is 0.818 bits per heavy atom. The zero-order valence-corrected chi connectivity index (χ0v) is 19.8. The quantitative estimate of drug-likeness (QED) is 0.460. The Labute approximate surface area is 198 Å². The summed E-state index contributed by atoms with van der Waals surface area (Å²) in [6.07, 6.45) is 0. The zero-order valence-electron chi connectivity index (χ0n) is 17.4. The number of amides is 1. The van der Waals surface area contributed by atoms with Crippen LogP contribution in [0.5, 0.6) is 0 Å². The van der Waals surface area contributed by atoms with E-state index in [-0.39, 0.29) is 22.9 Å². The van der Waals surface area contributed by atoms with Gasteiger partial charge in [0.05, 0.1) is 16.3 Å². The first kappa shape index (κ1) is 24.9. The number of rotatable bonds is 9. The van der Waals surface area contributed by atoms with Crippen molar-refractivity contribution in [2.24, 2.45) is 5.14 Å². The van der Waals surface area contributed by atoms with Crippen LogP contribution in [0.25, 0.3) is 0 Å². The van der Waals surface area contributed by atoms with E-state index in [0.717, 1.165) is 9.87 Å². The van der Waals surface area contributed by atoms with Crippen LogP contribution >= 0.6 is 11.6 Å². The molecule has 0 heterocycles. The van der Waals surface area contributed by atoms with Crippen molar-refractivity contribution in [1.82, 2.24) is 9.62 Å². The van der Waals surface area contributed by atoms with Gasteiger partial charge in [-0.05, 0) is 47.5 Å². The number of nitrogens with zero attached hydrogens (tertiary/aromatic N) is 1.